The fraction of sp³-hybridized carbons (Fsp3) is 0.345. The molecule has 3 aromatic carbocycles. The number of nitrogen functional groups attached to an aromatic ring is 2. The molecule has 0 amide bonds. The van der Waals surface area contributed by atoms with Gasteiger partial charge in [0.25, 0.3) is 0 Å². The first kappa shape index (κ1) is 22.6. The van der Waals surface area contributed by atoms with Gasteiger partial charge in [-0.2, -0.15) is 4.57 Å². The number of piperidine rings is 1. The van der Waals surface area contributed by atoms with Crippen LogP contribution in [0.5, 0.6) is 0 Å². The van der Waals surface area contributed by atoms with Gasteiger partial charge in [-0.25, -0.2) is 0 Å². The average Bonchev–Trinajstić information content (AvgIpc) is 2.87. The fourth-order valence-electron chi connectivity index (χ4n) is 5.31. The van der Waals surface area contributed by atoms with E-state index in [-0.39, 0.29) is 0 Å². The molecule has 2 heterocycles. The Hall–Kier alpha value is -3.15. The molecule has 0 bridgehead atoms. The van der Waals surface area contributed by atoms with Crippen molar-refractivity contribution in [1.82, 2.24) is 10.2 Å². The smallest absolute Gasteiger partial charge is 0.220 e. The van der Waals surface area contributed by atoms with Crippen LogP contribution in [-0.4, -0.2) is 37.6 Å². The molecule has 1 aliphatic rings. The first-order valence-electron chi connectivity index (χ1n) is 12.6. The lowest BCUT2D eigenvalue weighted by Crippen LogP contribution is -2.40. The molecule has 5 N–H and O–H groups in total. The number of anilines is 2. The van der Waals surface area contributed by atoms with Crippen LogP contribution in [0.3, 0.4) is 0 Å². The minimum atomic E-state index is 0.783. The molecule has 0 atom stereocenters. The number of hydrogen-bond acceptors (Lipinski definition) is 4. The van der Waals surface area contributed by atoms with Gasteiger partial charge in [-0.1, -0.05) is 30.7 Å². The second-order valence-corrected chi connectivity index (χ2v) is 9.45. The predicted molar refractivity (Wildman–Crippen MR) is 144 cm³/mol. The lowest BCUT2D eigenvalue weighted by molar-refractivity contribution is -0.659. The summed E-state index contributed by atoms with van der Waals surface area (Å²) in [5, 5.41) is 7.27. The Morgan fingerprint density at radius 1 is 0.765 bits per heavy atom. The van der Waals surface area contributed by atoms with Crippen molar-refractivity contribution in [1.29, 1.82) is 0 Å². The molecule has 4 aromatic rings. The number of fused-ring (bicyclic) bond motifs is 3. The molecule has 5 heteroatoms. The van der Waals surface area contributed by atoms with E-state index in [4.69, 9.17) is 11.5 Å². The van der Waals surface area contributed by atoms with Crippen LogP contribution in [0.4, 0.5) is 11.4 Å². The van der Waals surface area contributed by atoms with E-state index in [2.05, 4.69) is 69.4 Å². The van der Waals surface area contributed by atoms with Gasteiger partial charge in [0.15, 0.2) is 6.54 Å². The second-order valence-electron chi connectivity index (χ2n) is 9.45. The molecule has 0 aliphatic carbocycles. The highest BCUT2D eigenvalue weighted by Gasteiger charge is 2.23. The van der Waals surface area contributed by atoms with E-state index >= 15 is 0 Å². The number of aromatic nitrogens is 1. The van der Waals surface area contributed by atoms with E-state index in [0.29, 0.717) is 0 Å². The lowest BCUT2D eigenvalue weighted by Gasteiger charge is -2.26. The summed E-state index contributed by atoms with van der Waals surface area (Å²) in [7, 11) is 0. The Labute approximate surface area is 202 Å². The molecular formula is C29H36N5+. The monoisotopic (exact) mass is 454 g/mol. The van der Waals surface area contributed by atoms with Crippen molar-refractivity contribution in [2.75, 3.05) is 44.2 Å². The number of aryl methyl sites for hydroxylation is 1. The number of pyridine rings is 1. The van der Waals surface area contributed by atoms with E-state index in [9.17, 15) is 0 Å². The zero-order valence-corrected chi connectivity index (χ0v) is 20.0. The molecule has 34 heavy (non-hydrogen) atoms. The summed E-state index contributed by atoms with van der Waals surface area (Å²) < 4.78 is 2.44. The van der Waals surface area contributed by atoms with Crippen molar-refractivity contribution in [3.05, 3.63) is 66.7 Å². The number of rotatable bonds is 8. The van der Waals surface area contributed by atoms with E-state index in [0.717, 1.165) is 44.0 Å². The van der Waals surface area contributed by atoms with Crippen molar-refractivity contribution in [3.8, 4) is 11.3 Å². The summed E-state index contributed by atoms with van der Waals surface area (Å²) >= 11 is 0. The van der Waals surface area contributed by atoms with Crippen molar-refractivity contribution >= 4 is 33.1 Å². The van der Waals surface area contributed by atoms with Crippen LogP contribution in [-0.2, 0) is 6.54 Å². The maximum absolute atomic E-state index is 6.26. The third-order valence-corrected chi connectivity index (χ3v) is 7.01. The first-order valence-corrected chi connectivity index (χ1v) is 12.6. The third-order valence-electron chi connectivity index (χ3n) is 7.01. The standard InChI is InChI=1S/C29H35N5/c30-23-10-12-25-26-13-11-24(31)21-28(26)34(29(27(25)20-23)22-8-3-1-4-9-22)18-7-14-32-15-19-33-16-5-2-6-17-33/h1,3-4,8-13,20-21,31-32H,2,5-7,14-19,30H2/p+1. The summed E-state index contributed by atoms with van der Waals surface area (Å²) in [5.74, 6) is 0. The largest absolute Gasteiger partial charge is 0.399 e. The Bertz CT molecular complexity index is 1260. The normalized spacial score (nSPS) is 14.7. The summed E-state index contributed by atoms with van der Waals surface area (Å²) in [5.41, 5.74) is 17.7. The van der Waals surface area contributed by atoms with Crippen LogP contribution in [0.25, 0.3) is 32.9 Å². The maximum atomic E-state index is 6.26. The predicted octanol–water partition coefficient (Wildman–Crippen LogP) is 4.58. The first-order chi connectivity index (χ1) is 16.7. The summed E-state index contributed by atoms with van der Waals surface area (Å²) in [6.45, 7) is 6.62. The van der Waals surface area contributed by atoms with Crippen LogP contribution in [0, 0.1) is 0 Å². The molecule has 1 aromatic heterocycles. The molecule has 1 fully saturated rings. The molecule has 176 valence electrons. The van der Waals surface area contributed by atoms with Gasteiger partial charge in [0.1, 0.15) is 0 Å². The molecule has 5 rings (SSSR count). The Morgan fingerprint density at radius 3 is 2.29 bits per heavy atom. The molecular weight excluding hydrogens is 418 g/mol. The van der Waals surface area contributed by atoms with Crippen molar-refractivity contribution < 1.29 is 4.57 Å². The van der Waals surface area contributed by atoms with Crippen LogP contribution in [0.1, 0.15) is 25.7 Å². The molecule has 5 nitrogen and oxygen atoms in total. The van der Waals surface area contributed by atoms with Crippen LogP contribution in [0.15, 0.2) is 66.7 Å². The van der Waals surface area contributed by atoms with Gasteiger partial charge in [0.05, 0.1) is 10.8 Å². The molecule has 1 aliphatic heterocycles. The van der Waals surface area contributed by atoms with Gasteiger partial charge >= 0.3 is 0 Å². The van der Waals surface area contributed by atoms with Crippen molar-refractivity contribution in [2.45, 2.75) is 32.2 Å². The highest BCUT2D eigenvalue weighted by molar-refractivity contribution is 6.10. The van der Waals surface area contributed by atoms with Crippen LogP contribution in [0.2, 0.25) is 0 Å². The molecule has 0 spiro atoms. The summed E-state index contributed by atoms with van der Waals surface area (Å²) in [6, 6.07) is 23.1. The molecule has 0 unspecified atom stereocenters. The van der Waals surface area contributed by atoms with Gasteiger partial charge in [0, 0.05) is 54.4 Å². The van der Waals surface area contributed by atoms with E-state index in [1.807, 2.05) is 12.1 Å². The van der Waals surface area contributed by atoms with Crippen LogP contribution >= 0.6 is 0 Å². The highest BCUT2D eigenvalue weighted by atomic mass is 15.1. The Morgan fingerprint density at radius 2 is 1.50 bits per heavy atom. The third kappa shape index (κ3) is 4.86. The summed E-state index contributed by atoms with van der Waals surface area (Å²) in [4.78, 5) is 2.59. The highest BCUT2D eigenvalue weighted by Crippen LogP contribution is 2.33. The van der Waals surface area contributed by atoms with Gasteiger partial charge in [-0.3, -0.25) is 0 Å². The molecule has 1 saturated heterocycles. The number of benzene rings is 3. The van der Waals surface area contributed by atoms with Gasteiger partial charge in [0.2, 0.25) is 11.2 Å². The zero-order valence-electron chi connectivity index (χ0n) is 20.0. The van der Waals surface area contributed by atoms with Crippen LogP contribution < -0.4 is 21.4 Å². The quantitative estimate of drug-likeness (QED) is 0.158. The number of nitrogens with one attached hydrogen (secondary N) is 1. The van der Waals surface area contributed by atoms with Gasteiger partial charge in [-0.05, 0) is 62.3 Å². The van der Waals surface area contributed by atoms with E-state index in [1.165, 1.54) is 65.3 Å². The Balaban J connectivity index is 1.45. The number of nitrogens with zero attached hydrogens (tertiary/aromatic N) is 2. The van der Waals surface area contributed by atoms with Gasteiger partial charge < -0.3 is 21.7 Å². The van der Waals surface area contributed by atoms with Crippen molar-refractivity contribution in [2.24, 2.45) is 0 Å². The average molecular weight is 455 g/mol. The number of nitrogens with two attached hydrogens (primary N) is 2. The summed E-state index contributed by atoms with van der Waals surface area (Å²) in [6.07, 6.45) is 5.13. The SMILES string of the molecule is Nc1ccc2c(c1)c(-c1ccccc1)[n+](CCCNCCN1CCCCC1)c1cc(N)ccc21. The zero-order chi connectivity index (χ0) is 23.3. The van der Waals surface area contributed by atoms with Gasteiger partial charge in [-0.15, -0.1) is 0 Å². The Kier molecular flexibility index (Phi) is 6.93. The maximum Gasteiger partial charge on any atom is 0.220 e. The van der Waals surface area contributed by atoms with E-state index < -0.39 is 0 Å². The fourth-order valence-corrected chi connectivity index (χ4v) is 5.31. The minimum Gasteiger partial charge on any atom is -0.399 e. The number of hydrogen-bond donors (Lipinski definition) is 3. The molecule has 0 radical (unpaired) electrons. The topological polar surface area (TPSA) is 71.2 Å². The number of likely N-dealkylation sites (tertiary alicyclic amines) is 1. The lowest BCUT2D eigenvalue weighted by atomic mass is 9.98. The van der Waals surface area contributed by atoms with Crippen molar-refractivity contribution in [3.63, 3.8) is 0 Å². The molecule has 0 saturated carbocycles. The second kappa shape index (κ2) is 10.4. The van der Waals surface area contributed by atoms with E-state index in [1.54, 1.807) is 0 Å². The minimum absolute atomic E-state index is 0.783.